The van der Waals surface area contributed by atoms with Crippen LogP contribution >= 0.6 is 0 Å². The molecule has 13 heavy (non-hydrogen) atoms. The Hall–Kier alpha value is -0.990. The summed E-state index contributed by atoms with van der Waals surface area (Å²) in [6.07, 6.45) is 4.47. The Labute approximate surface area is 78.0 Å². The fraction of sp³-hybridized carbons (Fsp3) is 0.700. The van der Waals surface area contributed by atoms with E-state index < -0.39 is 0 Å². The molecule has 1 aliphatic carbocycles. The van der Waals surface area contributed by atoms with Crippen LogP contribution in [0, 0.1) is 0 Å². The highest BCUT2D eigenvalue weighted by Gasteiger charge is 2.19. The molecule has 1 heterocycles. The van der Waals surface area contributed by atoms with Crippen molar-refractivity contribution in [1.29, 1.82) is 0 Å². The number of nitrogens with zero attached hydrogens (tertiary/aromatic N) is 2. The molecule has 0 fully saturated rings. The molecule has 1 aromatic heterocycles. The van der Waals surface area contributed by atoms with E-state index in [1.54, 1.807) is 0 Å². The minimum atomic E-state index is 0.236. The van der Waals surface area contributed by atoms with Gasteiger partial charge < -0.3 is 0 Å². The molecule has 0 atom stereocenters. The normalized spacial score (nSPS) is 15.8. The van der Waals surface area contributed by atoms with Crippen LogP contribution in [-0.4, -0.2) is 9.36 Å². The highest BCUT2D eigenvalue weighted by Crippen LogP contribution is 2.17. The van der Waals surface area contributed by atoms with Crippen LogP contribution in [-0.2, 0) is 26.4 Å². The second-order valence-electron chi connectivity index (χ2n) is 3.68. The first kappa shape index (κ1) is 8.60. The molecule has 0 spiro atoms. The summed E-state index contributed by atoms with van der Waals surface area (Å²) < 4.78 is 3.87. The molecule has 72 valence electrons. The van der Waals surface area contributed by atoms with Gasteiger partial charge in [0.2, 0.25) is 0 Å². The SMILES string of the molecule is CCn1c(=O)c2c(n1C)CCCC2. The van der Waals surface area contributed by atoms with Crippen LogP contribution in [0.5, 0.6) is 0 Å². The van der Waals surface area contributed by atoms with Crippen molar-refractivity contribution in [2.75, 3.05) is 0 Å². The van der Waals surface area contributed by atoms with E-state index in [-0.39, 0.29) is 5.56 Å². The summed E-state index contributed by atoms with van der Waals surface area (Å²) in [4.78, 5) is 11.8. The summed E-state index contributed by atoms with van der Waals surface area (Å²) in [6.45, 7) is 2.80. The van der Waals surface area contributed by atoms with Crippen molar-refractivity contribution in [1.82, 2.24) is 9.36 Å². The summed E-state index contributed by atoms with van der Waals surface area (Å²) in [5.41, 5.74) is 2.56. The van der Waals surface area contributed by atoms with E-state index in [0.717, 1.165) is 24.9 Å². The van der Waals surface area contributed by atoms with Gasteiger partial charge in [0.05, 0.1) is 0 Å². The standard InChI is InChI=1S/C10H16N2O/c1-3-12-10(13)8-6-4-5-7-9(8)11(12)2/h3-7H2,1-2H3. The summed E-state index contributed by atoms with van der Waals surface area (Å²) in [7, 11) is 2.00. The molecule has 3 heteroatoms. The smallest absolute Gasteiger partial charge is 0.270 e. The maximum Gasteiger partial charge on any atom is 0.270 e. The predicted molar refractivity (Wildman–Crippen MR) is 52.0 cm³/mol. The van der Waals surface area contributed by atoms with Gasteiger partial charge in [-0.25, -0.2) is 0 Å². The largest absolute Gasteiger partial charge is 0.289 e. The van der Waals surface area contributed by atoms with Gasteiger partial charge in [-0.15, -0.1) is 0 Å². The topological polar surface area (TPSA) is 26.9 Å². The van der Waals surface area contributed by atoms with Crippen molar-refractivity contribution in [3.8, 4) is 0 Å². The van der Waals surface area contributed by atoms with Gasteiger partial charge in [0, 0.05) is 24.8 Å². The Morgan fingerprint density at radius 2 is 2.00 bits per heavy atom. The summed E-state index contributed by atoms with van der Waals surface area (Å²) in [6, 6.07) is 0. The third-order valence-corrected chi connectivity index (χ3v) is 2.98. The average molecular weight is 180 g/mol. The molecule has 0 unspecified atom stereocenters. The van der Waals surface area contributed by atoms with E-state index in [0.29, 0.717) is 0 Å². The van der Waals surface area contributed by atoms with Gasteiger partial charge >= 0.3 is 0 Å². The molecule has 0 amide bonds. The maximum atomic E-state index is 11.8. The Morgan fingerprint density at radius 3 is 2.62 bits per heavy atom. The van der Waals surface area contributed by atoms with Gasteiger partial charge in [0.15, 0.2) is 0 Å². The van der Waals surface area contributed by atoms with Gasteiger partial charge in [-0.1, -0.05) is 0 Å². The average Bonchev–Trinajstić information content (AvgIpc) is 2.41. The Balaban J connectivity index is 2.63. The number of aromatic nitrogens is 2. The van der Waals surface area contributed by atoms with Crippen LogP contribution in [0.4, 0.5) is 0 Å². The van der Waals surface area contributed by atoms with E-state index in [4.69, 9.17) is 0 Å². The predicted octanol–water partition coefficient (Wildman–Crippen LogP) is 1.09. The minimum Gasteiger partial charge on any atom is -0.289 e. The van der Waals surface area contributed by atoms with Gasteiger partial charge in [-0.05, 0) is 32.6 Å². The molecule has 0 bridgehead atoms. The first-order chi connectivity index (χ1) is 6.25. The van der Waals surface area contributed by atoms with Crippen LogP contribution in [0.25, 0.3) is 0 Å². The van der Waals surface area contributed by atoms with Gasteiger partial charge in [-0.2, -0.15) is 0 Å². The molecule has 0 radical (unpaired) electrons. The molecule has 3 nitrogen and oxygen atoms in total. The van der Waals surface area contributed by atoms with Crippen LogP contribution in [0.15, 0.2) is 4.79 Å². The highest BCUT2D eigenvalue weighted by atomic mass is 16.1. The molecule has 0 saturated carbocycles. The number of fused-ring (bicyclic) bond motifs is 1. The van der Waals surface area contributed by atoms with Crippen LogP contribution < -0.4 is 5.56 Å². The van der Waals surface area contributed by atoms with E-state index in [2.05, 4.69) is 0 Å². The summed E-state index contributed by atoms with van der Waals surface area (Å²) in [5.74, 6) is 0. The molecule has 0 aromatic carbocycles. The lowest BCUT2D eigenvalue weighted by Gasteiger charge is -2.11. The Bertz CT molecular complexity index is 373. The van der Waals surface area contributed by atoms with E-state index in [1.807, 2.05) is 23.3 Å². The Kier molecular flexibility index (Phi) is 2.02. The van der Waals surface area contributed by atoms with Crippen LogP contribution in [0.2, 0.25) is 0 Å². The van der Waals surface area contributed by atoms with Crippen LogP contribution in [0.1, 0.15) is 31.0 Å². The molecular weight excluding hydrogens is 164 g/mol. The van der Waals surface area contributed by atoms with Gasteiger partial charge in [0.25, 0.3) is 5.56 Å². The van der Waals surface area contributed by atoms with Crippen molar-refractivity contribution < 1.29 is 0 Å². The van der Waals surface area contributed by atoms with Crippen molar-refractivity contribution in [2.45, 2.75) is 39.2 Å². The molecule has 1 aromatic rings. The third kappa shape index (κ3) is 1.14. The highest BCUT2D eigenvalue weighted by molar-refractivity contribution is 5.21. The maximum absolute atomic E-state index is 11.8. The van der Waals surface area contributed by atoms with E-state index in [1.165, 1.54) is 18.5 Å². The lowest BCUT2D eigenvalue weighted by molar-refractivity contribution is 0.499. The zero-order valence-electron chi connectivity index (χ0n) is 8.34. The third-order valence-electron chi connectivity index (χ3n) is 2.98. The van der Waals surface area contributed by atoms with Gasteiger partial charge in [-0.3, -0.25) is 14.2 Å². The molecule has 1 aliphatic rings. The molecule has 2 rings (SSSR count). The van der Waals surface area contributed by atoms with Crippen molar-refractivity contribution in [2.24, 2.45) is 7.05 Å². The van der Waals surface area contributed by atoms with E-state index >= 15 is 0 Å². The van der Waals surface area contributed by atoms with Gasteiger partial charge in [0.1, 0.15) is 0 Å². The molecular formula is C10H16N2O. The second kappa shape index (κ2) is 3.05. The minimum absolute atomic E-state index is 0.236. The molecule has 0 saturated heterocycles. The number of hydrogen-bond donors (Lipinski definition) is 0. The zero-order chi connectivity index (χ0) is 9.42. The molecule has 0 aliphatic heterocycles. The monoisotopic (exact) mass is 180 g/mol. The number of hydrogen-bond acceptors (Lipinski definition) is 1. The van der Waals surface area contributed by atoms with E-state index in [9.17, 15) is 4.79 Å². The second-order valence-corrected chi connectivity index (χ2v) is 3.68. The zero-order valence-corrected chi connectivity index (χ0v) is 8.34. The van der Waals surface area contributed by atoms with Crippen molar-refractivity contribution >= 4 is 0 Å². The Morgan fingerprint density at radius 1 is 1.31 bits per heavy atom. The van der Waals surface area contributed by atoms with Crippen molar-refractivity contribution in [3.63, 3.8) is 0 Å². The fourth-order valence-electron chi connectivity index (χ4n) is 2.27. The van der Waals surface area contributed by atoms with Crippen molar-refractivity contribution in [3.05, 3.63) is 21.6 Å². The molecule has 0 N–H and O–H groups in total. The quantitative estimate of drug-likeness (QED) is 0.635. The number of rotatable bonds is 1. The lowest BCUT2D eigenvalue weighted by atomic mass is 9.98. The fourth-order valence-corrected chi connectivity index (χ4v) is 2.27. The lowest BCUT2D eigenvalue weighted by Crippen LogP contribution is -2.21. The first-order valence-corrected chi connectivity index (χ1v) is 5.03. The summed E-state index contributed by atoms with van der Waals surface area (Å²) >= 11 is 0. The summed E-state index contributed by atoms with van der Waals surface area (Å²) in [5, 5.41) is 0. The van der Waals surface area contributed by atoms with Crippen LogP contribution in [0.3, 0.4) is 0 Å². The first-order valence-electron chi connectivity index (χ1n) is 5.03.